The van der Waals surface area contributed by atoms with Gasteiger partial charge in [0.1, 0.15) is 0 Å². The zero-order valence-electron chi connectivity index (χ0n) is 13.2. The van der Waals surface area contributed by atoms with Crippen LogP contribution in [0.25, 0.3) is 10.8 Å². The third kappa shape index (κ3) is 3.63. The molecule has 2 aromatic carbocycles. The number of hydrogen-bond acceptors (Lipinski definition) is 4. The van der Waals surface area contributed by atoms with Crippen LogP contribution in [-0.4, -0.2) is 18.5 Å². The fourth-order valence-electron chi connectivity index (χ4n) is 2.58. The molecular formula is C19H17NO3S. The van der Waals surface area contributed by atoms with E-state index in [1.165, 1.54) is 11.3 Å². The molecule has 0 fully saturated rings. The van der Waals surface area contributed by atoms with E-state index in [1.807, 2.05) is 49.4 Å². The van der Waals surface area contributed by atoms with Crippen LogP contribution in [0.3, 0.4) is 0 Å². The molecule has 0 aliphatic rings. The molecule has 5 heteroatoms. The van der Waals surface area contributed by atoms with E-state index in [9.17, 15) is 9.59 Å². The minimum Gasteiger partial charge on any atom is -0.452 e. The third-order valence-corrected chi connectivity index (χ3v) is 4.44. The number of rotatable bonds is 5. The predicted octanol–water partition coefficient (Wildman–Crippen LogP) is 3.94. The van der Waals surface area contributed by atoms with Crippen LogP contribution >= 0.6 is 11.3 Å². The Kier molecular flexibility index (Phi) is 4.91. The van der Waals surface area contributed by atoms with Crippen molar-refractivity contribution in [3.63, 3.8) is 0 Å². The summed E-state index contributed by atoms with van der Waals surface area (Å²) in [5.41, 5.74) is 1.50. The number of hydrogen-bond donors (Lipinski definition) is 1. The van der Waals surface area contributed by atoms with Crippen molar-refractivity contribution in [2.24, 2.45) is 0 Å². The second kappa shape index (κ2) is 7.27. The summed E-state index contributed by atoms with van der Waals surface area (Å²) in [6.07, 6.45) is 0. The molecule has 1 heterocycles. The first-order valence-corrected chi connectivity index (χ1v) is 8.56. The van der Waals surface area contributed by atoms with Gasteiger partial charge in [-0.2, -0.15) is 11.3 Å². The Balaban J connectivity index is 1.62. The van der Waals surface area contributed by atoms with Crippen molar-refractivity contribution in [1.29, 1.82) is 0 Å². The fraction of sp³-hybridized carbons (Fsp3) is 0.158. The smallest absolute Gasteiger partial charge is 0.339 e. The fourth-order valence-corrected chi connectivity index (χ4v) is 3.21. The van der Waals surface area contributed by atoms with Crippen LogP contribution in [0.1, 0.15) is 28.9 Å². The summed E-state index contributed by atoms with van der Waals surface area (Å²) in [5, 5.41) is 8.58. The molecule has 0 aliphatic carbocycles. The molecular weight excluding hydrogens is 322 g/mol. The quantitative estimate of drug-likeness (QED) is 0.717. The van der Waals surface area contributed by atoms with E-state index < -0.39 is 5.97 Å². The van der Waals surface area contributed by atoms with Crippen molar-refractivity contribution < 1.29 is 14.3 Å². The van der Waals surface area contributed by atoms with Gasteiger partial charge in [-0.3, -0.25) is 4.79 Å². The summed E-state index contributed by atoms with van der Waals surface area (Å²) in [6, 6.07) is 15.5. The van der Waals surface area contributed by atoms with Gasteiger partial charge in [0.2, 0.25) is 0 Å². The summed E-state index contributed by atoms with van der Waals surface area (Å²) in [6.45, 7) is 1.63. The van der Waals surface area contributed by atoms with Gasteiger partial charge >= 0.3 is 5.97 Å². The molecule has 0 radical (unpaired) electrons. The van der Waals surface area contributed by atoms with E-state index in [0.29, 0.717) is 5.56 Å². The van der Waals surface area contributed by atoms with Crippen molar-refractivity contribution in [1.82, 2.24) is 5.32 Å². The van der Waals surface area contributed by atoms with E-state index in [-0.39, 0.29) is 18.6 Å². The Labute approximate surface area is 144 Å². The Morgan fingerprint density at radius 2 is 1.92 bits per heavy atom. The van der Waals surface area contributed by atoms with Gasteiger partial charge in [-0.25, -0.2) is 4.79 Å². The lowest BCUT2D eigenvalue weighted by Gasteiger charge is -2.16. The molecule has 1 atom stereocenters. The molecule has 3 aromatic rings. The van der Waals surface area contributed by atoms with Crippen molar-refractivity contribution in [2.75, 3.05) is 6.61 Å². The van der Waals surface area contributed by atoms with Crippen molar-refractivity contribution in [2.45, 2.75) is 13.0 Å². The molecule has 0 spiro atoms. The first-order valence-electron chi connectivity index (χ1n) is 7.61. The lowest BCUT2D eigenvalue weighted by molar-refractivity contribution is -0.124. The molecule has 1 aromatic heterocycles. The molecule has 24 heavy (non-hydrogen) atoms. The Morgan fingerprint density at radius 3 is 2.71 bits per heavy atom. The molecule has 0 saturated heterocycles. The highest BCUT2D eigenvalue weighted by molar-refractivity contribution is 7.08. The highest BCUT2D eigenvalue weighted by Gasteiger charge is 2.14. The van der Waals surface area contributed by atoms with Crippen molar-refractivity contribution >= 4 is 34.0 Å². The highest BCUT2D eigenvalue weighted by Crippen LogP contribution is 2.23. The zero-order valence-corrected chi connectivity index (χ0v) is 14.0. The van der Waals surface area contributed by atoms with Crippen LogP contribution < -0.4 is 5.32 Å². The van der Waals surface area contributed by atoms with Gasteiger partial charge in [-0.05, 0) is 34.7 Å². The number of thiophene rings is 1. The molecule has 0 aliphatic heterocycles. The van der Waals surface area contributed by atoms with Crippen LogP contribution in [0.5, 0.6) is 0 Å². The van der Waals surface area contributed by atoms with Crippen LogP contribution in [0.4, 0.5) is 0 Å². The van der Waals surface area contributed by atoms with Gasteiger partial charge in [0.05, 0.1) is 11.6 Å². The number of carbonyl (C=O) groups excluding carboxylic acids is 2. The van der Waals surface area contributed by atoms with Crippen molar-refractivity contribution in [3.8, 4) is 0 Å². The SMILES string of the molecule is C[C@H](NC(=O)COC(=O)c1ccsc1)c1cccc2ccccc12. The van der Waals surface area contributed by atoms with Gasteiger partial charge < -0.3 is 10.1 Å². The first-order chi connectivity index (χ1) is 11.6. The number of benzene rings is 2. The number of ether oxygens (including phenoxy) is 1. The minimum atomic E-state index is -0.482. The van der Waals surface area contributed by atoms with Crippen molar-refractivity contribution in [3.05, 3.63) is 70.4 Å². The number of amides is 1. The monoisotopic (exact) mass is 339 g/mol. The van der Waals surface area contributed by atoms with E-state index in [2.05, 4.69) is 5.32 Å². The predicted molar refractivity (Wildman–Crippen MR) is 95.1 cm³/mol. The van der Waals surface area contributed by atoms with E-state index >= 15 is 0 Å². The van der Waals surface area contributed by atoms with Gasteiger partial charge in [-0.15, -0.1) is 0 Å². The maximum Gasteiger partial charge on any atom is 0.339 e. The average Bonchev–Trinajstić information content (AvgIpc) is 3.14. The lowest BCUT2D eigenvalue weighted by atomic mass is 10.00. The van der Waals surface area contributed by atoms with Gasteiger partial charge in [-0.1, -0.05) is 42.5 Å². The maximum absolute atomic E-state index is 12.1. The van der Waals surface area contributed by atoms with Crippen LogP contribution in [0.2, 0.25) is 0 Å². The maximum atomic E-state index is 12.1. The van der Waals surface area contributed by atoms with Gasteiger partial charge in [0, 0.05) is 5.38 Å². The molecule has 1 amide bonds. The Morgan fingerprint density at radius 1 is 1.12 bits per heavy atom. The molecule has 3 rings (SSSR count). The second-order valence-electron chi connectivity index (χ2n) is 5.45. The number of fused-ring (bicyclic) bond motifs is 1. The molecule has 0 saturated carbocycles. The number of carbonyl (C=O) groups is 2. The van der Waals surface area contributed by atoms with Crippen LogP contribution in [0, 0.1) is 0 Å². The van der Waals surface area contributed by atoms with Gasteiger partial charge in [0.15, 0.2) is 6.61 Å². The third-order valence-electron chi connectivity index (χ3n) is 3.76. The summed E-state index contributed by atoms with van der Waals surface area (Å²) in [4.78, 5) is 23.8. The molecule has 0 bridgehead atoms. The first kappa shape index (κ1) is 16.2. The summed E-state index contributed by atoms with van der Waals surface area (Å²) in [5.74, 6) is -0.803. The standard InChI is InChI=1S/C19H17NO3S/c1-13(16-8-4-6-14-5-2-3-7-17(14)16)20-18(21)11-23-19(22)15-9-10-24-12-15/h2-10,12-13H,11H2,1H3,(H,20,21)/t13-/m0/s1. The normalized spacial score (nSPS) is 11.9. The zero-order chi connectivity index (χ0) is 16.9. The summed E-state index contributed by atoms with van der Waals surface area (Å²) in [7, 11) is 0. The Hall–Kier alpha value is -2.66. The minimum absolute atomic E-state index is 0.177. The molecule has 4 nitrogen and oxygen atoms in total. The topological polar surface area (TPSA) is 55.4 Å². The van der Waals surface area contributed by atoms with E-state index in [1.54, 1.807) is 16.8 Å². The second-order valence-corrected chi connectivity index (χ2v) is 6.23. The Bertz CT molecular complexity index is 853. The largest absolute Gasteiger partial charge is 0.452 e. The highest BCUT2D eigenvalue weighted by atomic mass is 32.1. The van der Waals surface area contributed by atoms with E-state index in [0.717, 1.165) is 16.3 Å². The summed E-state index contributed by atoms with van der Waals surface area (Å²) >= 11 is 1.41. The molecule has 1 N–H and O–H groups in total. The molecule has 0 unspecified atom stereocenters. The van der Waals surface area contributed by atoms with Gasteiger partial charge in [0.25, 0.3) is 5.91 Å². The average molecular weight is 339 g/mol. The lowest BCUT2D eigenvalue weighted by Crippen LogP contribution is -2.31. The van der Waals surface area contributed by atoms with Crippen LogP contribution in [-0.2, 0) is 9.53 Å². The van der Waals surface area contributed by atoms with E-state index in [4.69, 9.17) is 4.74 Å². The van der Waals surface area contributed by atoms with Crippen LogP contribution in [0.15, 0.2) is 59.3 Å². The number of nitrogens with one attached hydrogen (secondary N) is 1. The summed E-state index contributed by atoms with van der Waals surface area (Å²) < 4.78 is 5.03. The molecule has 122 valence electrons. The number of esters is 1.